The first-order valence-electron chi connectivity index (χ1n) is 8.14. The Hall–Kier alpha value is -3.27. The van der Waals surface area contributed by atoms with Crippen molar-refractivity contribution in [3.63, 3.8) is 0 Å². The van der Waals surface area contributed by atoms with Gasteiger partial charge in [0.1, 0.15) is 17.5 Å². The number of ether oxygens (including phenoxy) is 2. The lowest BCUT2D eigenvalue weighted by molar-refractivity contribution is 0.0515. The van der Waals surface area contributed by atoms with E-state index in [0.29, 0.717) is 17.8 Å². The van der Waals surface area contributed by atoms with Crippen LogP contribution in [0.4, 0.5) is 5.69 Å². The third-order valence-corrected chi connectivity index (χ3v) is 3.57. The van der Waals surface area contributed by atoms with Crippen LogP contribution < -0.4 is 4.74 Å². The highest BCUT2D eigenvalue weighted by Crippen LogP contribution is 2.28. The molecule has 1 aromatic heterocycles. The van der Waals surface area contributed by atoms with Crippen LogP contribution in [0.5, 0.6) is 5.75 Å². The molecule has 2 aromatic rings. The third kappa shape index (κ3) is 4.42. The molecule has 0 saturated carbocycles. The summed E-state index contributed by atoms with van der Waals surface area (Å²) in [4.78, 5) is 18.5. The molecule has 0 aliphatic heterocycles. The van der Waals surface area contributed by atoms with Crippen molar-refractivity contribution in [1.29, 1.82) is 5.26 Å². The Labute approximate surface area is 153 Å². The van der Waals surface area contributed by atoms with Crippen LogP contribution in [0.3, 0.4) is 0 Å². The summed E-state index contributed by atoms with van der Waals surface area (Å²) in [6, 6.07) is 9.60. The monoisotopic (exact) mass is 354 g/mol. The Morgan fingerprint density at radius 3 is 2.58 bits per heavy atom. The molecule has 7 nitrogen and oxygen atoms in total. The number of benzene rings is 1. The number of hydrogen-bond acceptors (Lipinski definition) is 5. The van der Waals surface area contributed by atoms with E-state index in [-0.39, 0.29) is 12.3 Å². The van der Waals surface area contributed by atoms with Gasteiger partial charge in [-0.15, -0.1) is 0 Å². The van der Waals surface area contributed by atoms with Crippen LogP contribution in [-0.2, 0) is 11.3 Å². The molecule has 0 aliphatic rings. The molecule has 0 radical (unpaired) electrons. The summed E-state index contributed by atoms with van der Waals surface area (Å²) < 4.78 is 12.0. The predicted octanol–water partition coefficient (Wildman–Crippen LogP) is 2.81. The van der Waals surface area contributed by atoms with Crippen molar-refractivity contribution in [2.75, 3.05) is 27.8 Å². The molecule has 26 heavy (non-hydrogen) atoms. The summed E-state index contributed by atoms with van der Waals surface area (Å²) in [6.45, 7) is 2.39. The van der Waals surface area contributed by atoms with Crippen LogP contribution >= 0.6 is 0 Å². The second kappa shape index (κ2) is 8.72. The minimum atomic E-state index is -0.506. The van der Waals surface area contributed by atoms with Crippen molar-refractivity contribution < 1.29 is 14.3 Å². The van der Waals surface area contributed by atoms with Gasteiger partial charge in [0.25, 0.3) is 0 Å². The number of nitrogens with zero attached hydrogens (tertiary/aromatic N) is 4. The molecule has 1 heterocycles. The standard InChI is InChI=1S/C19H22N4O3/c1-5-26-19(24)18-17(21-13-22(2)3)15(10-20)12-23(18)11-14-6-8-16(25-4)9-7-14/h6-9,12-13H,5,11H2,1-4H3. The molecule has 0 spiro atoms. The largest absolute Gasteiger partial charge is 0.497 e. The Morgan fingerprint density at radius 2 is 2.04 bits per heavy atom. The summed E-state index contributed by atoms with van der Waals surface area (Å²) in [5.74, 6) is 0.245. The number of carbonyl (C=O) groups excluding carboxylic acids is 1. The van der Waals surface area contributed by atoms with Gasteiger partial charge in [0.2, 0.25) is 0 Å². The Bertz CT molecular complexity index is 830. The van der Waals surface area contributed by atoms with Gasteiger partial charge in [-0.25, -0.2) is 9.79 Å². The van der Waals surface area contributed by atoms with Crippen LogP contribution in [0.2, 0.25) is 0 Å². The van der Waals surface area contributed by atoms with Gasteiger partial charge in [-0.2, -0.15) is 5.26 Å². The number of hydrogen-bond donors (Lipinski definition) is 0. The second-order valence-electron chi connectivity index (χ2n) is 5.76. The Morgan fingerprint density at radius 1 is 1.35 bits per heavy atom. The molecule has 0 unspecified atom stereocenters. The van der Waals surface area contributed by atoms with E-state index in [2.05, 4.69) is 11.1 Å². The van der Waals surface area contributed by atoms with Crippen molar-refractivity contribution in [1.82, 2.24) is 9.47 Å². The topological polar surface area (TPSA) is 79.9 Å². The Kier molecular flexibility index (Phi) is 6.39. The van der Waals surface area contributed by atoms with Crippen LogP contribution in [0.1, 0.15) is 28.5 Å². The van der Waals surface area contributed by atoms with Crippen LogP contribution in [-0.4, -0.2) is 49.6 Å². The molecular formula is C19H22N4O3. The van der Waals surface area contributed by atoms with E-state index in [1.807, 2.05) is 38.4 Å². The summed E-state index contributed by atoms with van der Waals surface area (Å²) >= 11 is 0. The molecule has 0 amide bonds. The number of aromatic nitrogens is 1. The fourth-order valence-electron chi connectivity index (χ4n) is 2.40. The number of aliphatic imine (C=N–C) groups is 1. The number of carbonyl (C=O) groups is 1. The number of methoxy groups -OCH3 is 1. The zero-order valence-corrected chi connectivity index (χ0v) is 15.4. The number of rotatable bonds is 7. The lowest BCUT2D eigenvalue weighted by Gasteiger charge is -2.10. The van der Waals surface area contributed by atoms with Crippen LogP contribution in [0.25, 0.3) is 0 Å². The van der Waals surface area contributed by atoms with Gasteiger partial charge >= 0.3 is 5.97 Å². The lowest BCUT2D eigenvalue weighted by Crippen LogP contribution is -2.13. The van der Waals surface area contributed by atoms with E-state index < -0.39 is 5.97 Å². The minimum Gasteiger partial charge on any atom is -0.497 e. The molecule has 2 rings (SSSR count). The van der Waals surface area contributed by atoms with Gasteiger partial charge in [-0.05, 0) is 24.6 Å². The third-order valence-electron chi connectivity index (χ3n) is 3.57. The van der Waals surface area contributed by atoms with Crippen molar-refractivity contribution in [2.24, 2.45) is 4.99 Å². The number of esters is 1. The molecule has 0 N–H and O–H groups in total. The summed E-state index contributed by atoms with van der Waals surface area (Å²) in [5.41, 5.74) is 1.85. The fourth-order valence-corrected chi connectivity index (χ4v) is 2.40. The second-order valence-corrected chi connectivity index (χ2v) is 5.76. The highest BCUT2D eigenvalue weighted by atomic mass is 16.5. The number of nitriles is 1. The first-order valence-corrected chi connectivity index (χ1v) is 8.14. The van der Waals surface area contributed by atoms with E-state index in [4.69, 9.17) is 9.47 Å². The van der Waals surface area contributed by atoms with Crippen molar-refractivity contribution >= 4 is 18.0 Å². The summed E-state index contributed by atoms with van der Waals surface area (Å²) in [5, 5.41) is 9.45. The zero-order valence-electron chi connectivity index (χ0n) is 15.4. The van der Waals surface area contributed by atoms with E-state index in [0.717, 1.165) is 11.3 Å². The molecule has 1 aromatic carbocycles. The molecule has 136 valence electrons. The van der Waals surface area contributed by atoms with Gasteiger partial charge in [0, 0.05) is 26.8 Å². The van der Waals surface area contributed by atoms with Gasteiger partial charge in [0.05, 0.1) is 25.6 Å². The maximum atomic E-state index is 12.5. The van der Waals surface area contributed by atoms with Gasteiger partial charge in [-0.1, -0.05) is 12.1 Å². The van der Waals surface area contributed by atoms with E-state index >= 15 is 0 Å². The van der Waals surface area contributed by atoms with Crippen molar-refractivity contribution in [2.45, 2.75) is 13.5 Å². The van der Waals surface area contributed by atoms with Gasteiger partial charge in [-0.3, -0.25) is 0 Å². The highest BCUT2D eigenvalue weighted by Gasteiger charge is 2.23. The average molecular weight is 354 g/mol. The van der Waals surface area contributed by atoms with Crippen LogP contribution in [0, 0.1) is 11.3 Å². The maximum absolute atomic E-state index is 12.5. The molecule has 0 aliphatic carbocycles. The highest BCUT2D eigenvalue weighted by molar-refractivity contribution is 5.95. The molecule has 0 fully saturated rings. The molecular weight excluding hydrogens is 332 g/mol. The zero-order chi connectivity index (χ0) is 19.1. The van der Waals surface area contributed by atoms with Crippen molar-refractivity contribution in [3.05, 3.63) is 47.3 Å². The molecule has 0 atom stereocenters. The SMILES string of the molecule is CCOC(=O)c1c(N=CN(C)C)c(C#N)cn1Cc1ccc(OC)cc1. The predicted molar refractivity (Wildman–Crippen MR) is 99.0 cm³/mol. The Balaban J connectivity index is 2.49. The first-order chi connectivity index (χ1) is 12.5. The quantitative estimate of drug-likeness (QED) is 0.434. The fraction of sp³-hybridized carbons (Fsp3) is 0.316. The average Bonchev–Trinajstić information content (AvgIpc) is 2.98. The molecule has 0 saturated heterocycles. The normalized spacial score (nSPS) is 10.6. The summed E-state index contributed by atoms with van der Waals surface area (Å²) in [6.07, 6.45) is 3.18. The first kappa shape index (κ1) is 19.1. The summed E-state index contributed by atoms with van der Waals surface area (Å²) in [7, 11) is 5.23. The van der Waals surface area contributed by atoms with Gasteiger partial charge in [0.15, 0.2) is 5.69 Å². The van der Waals surface area contributed by atoms with E-state index in [1.165, 1.54) is 0 Å². The van der Waals surface area contributed by atoms with E-state index in [1.54, 1.807) is 36.0 Å². The molecule has 0 bridgehead atoms. The van der Waals surface area contributed by atoms with Crippen LogP contribution in [0.15, 0.2) is 35.5 Å². The smallest absolute Gasteiger partial charge is 0.357 e. The van der Waals surface area contributed by atoms with Crippen molar-refractivity contribution in [3.8, 4) is 11.8 Å². The van der Waals surface area contributed by atoms with E-state index in [9.17, 15) is 10.1 Å². The minimum absolute atomic E-state index is 0.241. The van der Waals surface area contributed by atoms with Gasteiger partial charge < -0.3 is 18.9 Å². The lowest BCUT2D eigenvalue weighted by atomic mass is 10.2. The molecule has 7 heteroatoms. The maximum Gasteiger partial charge on any atom is 0.357 e.